The van der Waals surface area contributed by atoms with Crippen molar-refractivity contribution in [1.82, 2.24) is 19.9 Å². The van der Waals surface area contributed by atoms with E-state index in [0.717, 1.165) is 11.9 Å². The minimum Gasteiger partial charge on any atom is -0.444 e. The lowest BCUT2D eigenvalue weighted by atomic mass is 10.2. The van der Waals surface area contributed by atoms with Crippen LogP contribution in [0, 0.1) is 0 Å². The Labute approximate surface area is 221 Å². The maximum Gasteiger partial charge on any atom is 0.410 e. The van der Waals surface area contributed by atoms with Gasteiger partial charge in [-0.2, -0.15) is 0 Å². The molecule has 0 aliphatic carbocycles. The molecule has 0 spiro atoms. The molecule has 1 fully saturated rings. The quantitative estimate of drug-likeness (QED) is 0.519. The number of pyridine rings is 1. The third-order valence-electron chi connectivity index (χ3n) is 5.73. The zero-order valence-electron chi connectivity index (χ0n) is 21.7. The number of sulfone groups is 1. The zero-order valence-corrected chi connectivity index (χ0v) is 22.5. The molecular weight excluding hydrogens is 508 g/mol. The van der Waals surface area contributed by atoms with Crippen LogP contribution in [0.2, 0.25) is 0 Å². The number of ether oxygens (including phenoxy) is 1. The van der Waals surface area contributed by atoms with E-state index in [2.05, 4.69) is 25.2 Å². The Morgan fingerprint density at radius 2 is 1.76 bits per heavy atom. The van der Waals surface area contributed by atoms with E-state index in [0.29, 0.717) is 37.4 Å². The Hall–Kier alpha value is -4.06. The minimum atomic E-state index is -3.41. The van der Waals surface area contributed by atoms with Crippen molar-refractivity contribution < 1.29 is 22.7 Å². The highest BCUT2D eigenvalue weighted by Gasteiger charge is 2.27. The lowest BCUT2D eigenvalue weighted by Gasteiger charge is -2.37. The fourth-order valence-electron chi connectivity index (χ4n) is 3.89. The lowest BCUT2D eigenvalue weighted by molar-refractivity contribution is 0.0240. The molecule has 11 nitrogen and oxygen atoms in total. The summed E-state index contributed by atoms with van der Waals surface area (Å²) < 4.78 is 29.3. The van der Waals surface area contributed by atoms with Crippen LogP contribution in [0.1, 0.15) is 31.3 Å². The number of benzene rings is 1. The van der Waals surface area contributed by atoms with Crippen LogP contribution in [0.3, 0.4) is 0 Å². The van der Waals surface area contributed by atoms with Crippen molar-refractivity contribution in [1.29, 1.82) is 0 Å². The number of carbonyl (C=O) groups is 2. The van der Waals surface area contributed by atoms with Crippen LogP contribution >= 0.6 is 0 Å². The van der Waals surface area contributed by atoms with Crippen LogP contribution in [0.5, 0.6) is 0 Å². The number of rotatable bonds is 5. The Morgan fingerprint density at radius 3 is 2.45 bits per heavy atom. The number of piperazine rings is 1. The molecule has 12 heteroatoms. The predicted molar refractivity (Wildman–Crippen MR) is 143 cm³/mol. The first-order valence-corrected chi connectivity index (χ1v) is 13.9. The molecule has 1 N–H and O–H groups in total. The highest BCUT2D eigenvalue weighted by atomic mass is 32.2. The zero-order chi connectivity index (χ0) is 27.5. The van der Waals surface area contributed by atoms with Gasteiger partial charge in [-0.3, -0.25) is 9.78 Å². The van der Waals surface area contributed by atoms with E-state index in [1.54, 1.807) is 35.5 Å². The number of nitrogens with zero attached hydrogens (tertiary/aromatic N) is 5. The lowest BCUT2D eigenvalue weighted by Crippen LogP contribution is -2.50. The van der Waals surface area contributed by atoms with Crippen LogP contribution in [0.25, 0.3) is 11.4 Å². The van der Waals surface area contributed by atoms with Crippen LogP contribution in [-0.4, -0.2) is 78.3 Å². The molecular formula is C26H30N6O5S. The Kier molecular flexibility index (Phi) is 7.63. The fourth-order valence-corrected chi connectivity index (χ4v) is 4.56. The van der Waals surface area contributed by atoms with Gasteiger partial charge in [0.2, 0.25) is 0 Å². The van der Waals surface area contributed by atoms with Gasteiger partial charge in [0, 0.05) is 50.4 Å². The summed E-state index contributed by atoms with van der Waals surface area (Å²) in [5.74, 6) is -0.234. The maximum atomic E-state index is 13.1. The number of hydrogen-bond acceptors (Lipinski definition) is 9. The predicted octanol–water partition coefficient (Wildman–Crippen LogP) is 3.25. The molecule has 2 amide bonds. The molecule has 38 heavy (non-hydrogen) atoms. The smallest absolute Gasteiger partial charge is 0.410 e. The molecule has 1 aliphatic rings. The largest absolute Gasteiger partial charge is 0.444 e. The molecule has 3 heterocycles. The molecule has 0 atom stereocenters. The normalized spacial score (nSPS) is 14.2. The van der Waals surface area contributed by atoms with Crippen molar-refractivity contribution in [2.24, 2.45) is 0 Å². The molecule has 1 aliphatic heterocycles. The number of hydrogen-bond donors (Lipinski definition) is 1. The third kappa shape index (κ3) is 6.62. The topological polar surface area (TPSA) is 135 Å². The van der Waals surface area contributed by atoms with E-state index in [1.807, 2.05) is 20.8 Å². The van der Waals surface area contributed by atoms with Gasteiger partial charge in [0.25, 0.3) is 5.91 Å². The number of aromatic nitrogens is 3. The van der Waals surface area contributed by atoms with Crippen molar-refractivity contribution in [3.05, 3.63) is 60.7 Å². The van der Waals surface area contributed by atoms with Gasteiger partial charge < -0.3 is 19.9 Å². The van der Waals surface area contributed by atoms with Crippen molar-refractivity contribution in [3.63, 3.8) is 0 Å². The second-order valence-electron chi connectivity index (χ2n) is 9.87. The molecule has 3 aromatic rings. The van der Waals surface area contributed by atoms with Gasteiger partial charge in [-0.05, 0) is 45.0 Å². The van der Waals surface area contributed by atoms with Crippen LogP contribution in [0.4, 0.5) is 16.2 Å². The first-order valence-electron chi connectivity index (χ1n) is 12.0. The third-order valence-corrected chi connectivity index (χ3v) is 6.84. The maximum absolute atomic E-state index is 13.1. The molecule has 0 saturated carbocycles. The standard InChI is InChI=1S/C26H30N6O5S/c1-26(2,3)37-25(34)32-14-12-31(13-15-32)22-9-10-27-17-21(22)30-24(33)20-8-11-28-23(29-20)18-6-5-7-19(16-18)38(4,35)36/h5-11,16-17H,12-15H2,1-4H3,(H,30,33). The second-order valence-corrected chi connectivity index (χ2v) is 11.9. The molecule has 0 bridgehead atoms. The minimum absolute atomic E-state index is 0.115. The van der Waals surface area contributed by atoms with Crippen molar-refractivity contribution in [2.45, 2.75) is 31.3 Å². The summed E-state index contributed by atoms with van der Waals surface area (Å²) in [4.78, 5) is 42.1. The highest BCUT2D eigenvalue weighted by Crippen LogP contribution is 2.27. The van der Waals surface area contributed by atoms with Gasteiger partial charge in [-0.25, -0.2) is 23.2 Å². The Bertz CT molecular complexity index is 1450. The van der Waals surface area contributed by atoms with Crippen molar-refractivity contribution in [2.75, 3.05) is 42.7 Å². The van der Waals surface area contributed by atoms with E-state index in [4.69, 9.17) is 4.74 Å². The summed E-state index contributed by atoms with van der Waals surface area (Å²) in [6.07, 6.45) is 5.43. The van der Waals surface area contributed by atoms with Crippen LogP contribution < -0.4 is 10.2 Å². The first kappa shape index (κ1) is 27.0. The van der Waals surface area contributed by atoms with Gasteiger partial charge in [-0.15, -0.1) is 0 Å². The summed E-state index contributed by atoms with van der Waals surface area (Å²) >= 11 is 0. The molecule has 0 radical (unpaired) electrons. The van der Waals surface area contributed by atoms with Gasteiger partial charge in [-0.1, -0.05) is 12.1 Å². The average molecular weight is 539 g/mol. The van der Waals surface area contributed by atoms with E-state index >= 15 is 0 Å². The Balaban J connectivity index is 1.48. The van der Waals surface area contributed by atoms with E-state index in [9.17, 15) is 18.0 Å². The monoisotopic (exact) mass is 538 g/mol. The Morgan fingerprint density at radius 1 is 1.03 bits per heavy atom. The first-order chi connectivity index (χ1) is 17.9. The molecule has 1 saturated heterocycles. The number of nitrogens with one attached hydrogen (secondary N) is 1. The van der Waals surface area contributed by atoms with E-state index in [1.165, 1.54) is 24.4 Å². The van der Waals surface area contributed by atoms with Crippen LogP contribution in [-0.2, 0) is 14.6 Å². The molecule has 4 rings (SSSR count). The van der Waals surface area contributed by atoms with Crippen molar-refractivity contribution >= 4 is 33.2 Å². The van der Waals surface area contributed by atoms with Gasteiger partial charge in [0.1, 0.15) is 11.3 Å². The molecule has 200 valence electrons. The van der Waals surface area contributed by atoms with E-state index in [-0.39, 0.29) is 22.5 Å². The van der Waals surface area contributed by atoms with Gasteiger partial charge in [0.05, 0.1) is 22.5 Å². The average Bonchev–Trinajstić information content (AvgIpc) is 2.88. The highest BCUT2D eigenvalue weighted by molar-refractivity contribution is 7.90. The van der Waals surface area contributed by atoms with E-state index < -0.39 is 21.3 Å². The summed E-state index contributed by atoms with van der Waals surface area (Å²) in [5.41, 5.74) is 1.31. The molecule has 2 aromatic heterocycles. The van der Waals surface area contributed by atoms with Crippen molar-refractivity contribution in [3.8, 4) is 11.4 Å². The summed E-state index contributed by atoms with van der Waals surface area (Å²) in [5, 5.41) is 2.87. The summed E-state index contributed by atoms with van der Waals surface area (Å²) in [6, 6.07) is 9.54. The SMILES string of the molecule is CC(C)(C)OC(=O)N1CCN(c2ccncc2NC(=O)c2ccnc(-c3cccc(S(C)(=O)=O)c3)n2)CC1. The number of carbonyl (C=O) groups excluding carboxylic acids is 2. The summed E-state index contributed by atoms with van der Waals surface area (Å²) in [6.45, 7) is 7.57. The molecule has 1 aromatic carbocycles. The molecule has 0 unspecified atom stereocenters. The number of amides is 2. The van der Waals surface area contributed by atoms with Gasteiger partial charge >= 0.3 is 6.09 Å². The van der Waals surface area contributed by atoms with Crippen LogP contribution in [0.15, 0.2) is 59.9 Å². The second kappa shape index (κ2) is 10.7. The van der Waals surface area contributed by atoms with Gasteiger partial charge in [0.15, 0.2) is 15.7 Å². The number of anilines is 2. The fraction of sp³-hybridized carbons (Fsp3) is 0.346. The summed E-state index contributed by atoms with van der Waals surface area (Å²) in [7, 11) is -3.41.